The van der Waals surface area contributed by atoms with Crippen molar-refractivity contribution in [2.24, 2.45) is 0 Å². The highest BCUT2D eigenvalue weighted by atomic mass is 35.5. The number of rotatable bonds is 2. The van der Waals surface area contributed by atoms with Gasteiger partial charge < -0.3 is 10.1 Å². The molecule has 0 bridgehead atoms. The van der Waals surface area contributed by atoms with Crippen LogP contribution in [0.3, 0.4) is 0 Å². The topological polar surface area (TPSA) is 47.0 Å². The van der Waals surface area contributed by atoms with Gasteiger partial charge in [0.15, 0.2) is 0 Å². The highest BCUT2D eigenvalue weighted by molar-refractivity contribution is 6.33. The first kappa shape index (κ1) is 10.9. The molecule has 0 saturated carbocycles. The molecule has 1 aliphatic rings. The average molecular weight is 248 g/mol. The fourth-order valence-electron chi connectivity index (χ4n) is 1.48. The predicted octanol–water partition coefficient (Wildman–Crippen LogP) is 2.37. The molecule has 0 aliphatic carbocycles. The molecule has 1 aromatic heterocycles. The Kier molecular flexibility index (Phi) is 3.00. The highest BCUT2D eigenvalue weighted by Gasteiger charge is 2.30. The standard InChI is InChI=1S/C9H11Cl2N3O/c1-9(2-3-15-5-9)14-7-6(10)4-12-8(11)13-7/h4H,2-3,5H2,1H3,(H,12,13,14). The average Bonchev–Trinajstić information content (AvgIpc) is 2.59. The molecule has 1 aromatic rings. The summed E-state index contributed by atoms with van der Waals surface area (Å²) in [6.07, 6.45) is 2.41. The summed E-state index contributed by atoms with van der Waals surface area (Å²) in [7, 11) is 0. The van der Waals surface area contributed by atoms with E-state index in [2.05, 4.69) is 22.2 Å². The maximum absolute atomic E-state index is 5.95. The van der Waals surface area contributed by atoms with Gasteiger partial charge in [-0.15, -0.1) is 0 Å². The molecule has 1 fully saturated rings. The molecule has 1 unspecified atom stereocenters. The van der Waals surface area contributed by atoms with E-state index in [0.717, 1.165) is 13.0 Å². The Bertz CT molecular complexity index is 366. The van der Waals surface area contributed by atoms with E-state index in [4.69, 9.17) is 27.9 Å². The van der Waals surface area contributed by atoms with Crippen molar-refractivity contribution in [1.82, 2.24) is 9.97 Å². The predicted molar refractivity (Wildman–Crippen MR) is 59.5 cm³/mol. The number of halogens is 2. The second-order valence-electron chi connectivity index (χ2n) is 3.82. The third-order valence-electron chi connectivity index (χ3n) is 2.35. The molecule has 82 valence electrons. The monoisotopic (exact) mass is 247 g/mol. The van der Waals surface area contributed by atoms with E-state index >= 15 is 0 Å². The number of ether oxygens (including phenoxy) is 1. The Morgan fingerprint density at radius 3 is 3.00 bits per heavy atom. The third-order valence-corrected chi connectivity index (χ3v) is 2.81. The maximum Gasteiger partial charge on any atom is 0.224 e. The first-order valence-electron chi connectivity index (χ1n) is 4.63. The summed E-state index contributed by atoms with van der Waals surface area (Å²) in [6, 6.07) is 0. The maximum atomic E-state index is 5.95. The molecule has 1 aliphatic heterocycles. The van der Waals surface area contributed by atoms with Gasteiger partial charge in [0, 0.05) is 6.61 Å². The fourth-order valence-corrected chi connectivity index (χ4v) is 1.76. The first-order valence-corrected chi connectivity index (χ1v) is 5.39. The van der Waals surface area contributed by atoms with Crippen molar-refractivity contribution >= 4 is 29.0 Å². The Morgan fingerprint density at radius 2 is 2.33 bits per heavy atom. The number of nitrogens with zero attached hydrogens (tertiary/aromatic N) is 2. The Balaban J connectivity index is 2.19. The molecule has 2 rings (SSSR count). The summed E-state index contributed by atoms with van der Waals surface area (Å²) in [6.45, 7) is 3.46. The molecular weight excluding hydrogens is 237 g/mol. The third kappa shape index (κ3) is 2.51. The summed E-state index contributed by atoms with van der Waals surface area (Å²) < 4.78 is 5.32. The molecular formula is C9H11Cl2N3O. The van der Waals surface area contributed by atoms with Crippen molar-refractivity contribution in [3.63, 3.8) is 0 Å². The van der Waals surface area contributed by atoms with Crippen LogP contribution in [-0.2, 0) is 4.74 Å². The zero-order chi connectivity index (χ0) is 10.9. The normalized spacial score (nSPS) is 25.5. The van der Waals surface area contributed by atoms with Crippen LogP contribution in [-0.4, -0.2) is 28.7 Å². The molecule has 1 N–H and O–H groups in total. The Hall–Kier alpha value is -0.580. The summed E-state index contributed by atoms with van der Waals surface area (Å²) in [4.78, 5) is 7.82. The lowest BCUT2D eigenvalue weighted by Gasteiger charge is -2.24. The zero-order valence-electron chi connectivity index (χ0n) is 8.26. The largest absolute Gasteiger partial charge is 0.379 e. The number of hydrogen-bond acceptors (Lipinski definition) is 4. The van der Waals surface area contributed by atoms with Crippen LogP contribution < -0.4 is 5.32 Å². The van der Waals surface area contributed by atoms with E-state index in [1.54, 1.807) is 0 Å². The van der Waals surface area contributed by atoms with Gasteiger partial charge in [-0.2, -0.15) is 4.98 Å². The van der Waals surface area contributed by atoms with Gasteiger partial charge in [0.2, 0.25) is 5.28 Å². The molecule has 1 atom stereocenters. The lowest BCUT2D eigenvalue weighted by molar-refractivity contribution is 0.185. The number of nitrogens with one attached hydrogen (secondary N) is 1. The van der Waals surface area contributed by atoms with Crippen molar-refractivity contribution in [3.05, 3.63) is 16.5 Å². The van der Waals surface area contributed by atoms with Crippen molar-refractivity contribution in [2.75, 3.05) is 18.5 Å². The second-order valence-corrected chi connectivity index (χ2v) is 4.57. The van der Waals surface area contributed by atoms with Crippen molar-refractivity contribution in [2.45, 2.75) is 18.9 Å². The Labute approximate surface area is 98.0 Å². The minimum absolute atomic E-state index is 0.124. The van der Waals surface area contributed by atoms with Gasteiger partial charge in [-0.05, 0) is 24.9 Å². The SMILES string of the molecule is CC1(Nc2nc(Cl)ncc2Cl)CCOC1. The van der Waals surface area contributed by atoms with Gasteiger partial charge in [-0.25, -0.2) is 4.98 Å². The van der Waals surface area contributed by atoms with Crippen LogP contribution in [0.4, 0.5) is 5.82 Å². The molecule has 0 spiro atoms. The summed E-state index contributed by atoms with van der Waals surface area (Å²) >= 11 is 11.6. The molecule has 0 aromatic carbocycles. The minimum atomic E-state index is -0.124. The molecule has 0 amide bonds. The zero-order valence-corrected chi connectivity index (χ0v) is 9.77. The smallest absolute Gasteiger partial charge is 0.224 e. The van der Waals surface area contributed by atoms with Crippen LogP contribution >= 0.6 is 23.2 Å². The lowest BCUT2D eigenvalue weighted by atomic mass is 10.0. The summed E-state index contributed by atoms with van der Waals surface area (Å²) in [5.41, 5.74) is -0.124. The summed E-state index contributed by atoms with van der Waals surface area (Å²) in [5, 5.41) is 3.88. The first-order chi connectivity index (χ1) is 7.09. The number of aromatic nitrogens is 2. The van der Waals surface area contributed by atoms with Gasteiger partial charge in [0.05, 0.1) is 18.3 Å². The molecule has 6 heteroatoms. The van der Waals surface area contributed by atoms with Crippen molar-refractivity contribution in [1.29, 1.82) is 0 Å². The molecule has 2 heterocycles. The van der Waals surface area contributed by atoms with E-state index in [1.807, 2.05) is 0 Å². The van der Waals surface area contributed by atoms with Crippen LogP contribution in [0.25, 0.3) is 0 Å². The van der Waals surface area contributed by atoms with Gasteiger partial charge in [-0.1, -0.05) is 11.6 Å². The molecule has 1 saturated heterocycles. The minimum Gasteiger partial charge on any atom is -0.379 e. The van der Waals surface area contributed by atoms with Crippen LogP contribution in [0.5, 0.6) is 0 Å². The molecule has 15 heavy (non-hydrogen) atoms. The number of hydrogen-bond donors (Lipinski definition) is 1. The quantitative estimate of drug-likeness (QED) is 0.816. The van der Waals surface area contributed by atoms with Crippen LogP contribution in [0.15, 0.2) is 6.20 Å². The van der Waals surface area contributed by atoms with Gasteiger partial charge in [-0.3, -0.25) is 0 Å². The van der Waals surface area contributed by atoms with E-state index in [-0.39, 0.29) is 10.8 Å². The van der Waals surface area contributed by atoms with E-state index < -0.39 is 0 Å². The Morgan fingerprint density at radius 1 is 1.53 bits per heavy atom. The summed E-state index contributed by atoms with van der Waals surface area (Å²) in [5.74, 6) is 0.560. The lowest BCUT2D eigenvalue weighted by Crippen LogP contribution is -2.35. The van der Waals surface area contributed by atoms with E-state index in [0.29, 0.717) is 17.4 Å². The fraction of sp³-hybridized carbons (Fsp3) is 0.556. The van der Waals surface area contributed by atoms with E-state index in [9.17, 15) is 0 Å². The van der Waals surface area contributed by atoms with E-state index in [1.165, 1.54) is 6.20 Å². The van der Waals surface area contributed by atoms with Gasteiger partial charge in [0.25, 0.3) is 0 Å². The number of anilines is 1. The van der Waals surface area contributed by atoms with Crippen LogP contribution in [0.2, 0.25) is 10.3 Å². The van der Waals surface area contributed by atoms with Crippen molar-refractivity contribution < 1.29 is 4.74 Å². The highest BCUT2D eigenvalue weighted by Crippen LogP contribution is 2.27. The second kappa shape index (κ2) is 4.12. The van der Waals surface area contributed by atoms with Gasteiger partial charge in [0.1, 0.15) is 10.8 Å². The van der Waals surface area contributed by atoms with Crippen LogP contribution in [0, 0.1) is 0 Å². The molecule has 0 radical (unpaired) electrons. The van der Waals surface area contributed by atoms with Crippen molar-refractivity contribution in [3.8, 4) is 0 Å². The molecule has 4 nitrogen and oxygen atoms in total. The van der Waals surface area contributed by atoms with Gasteiger partial charge >= 0.3 is 0 Å². The van der Waals surface area contributed by atoms with Crippen LogP contribution in [0.1, 0.15) is 13.3 Å².